The van der Waals surface area contributed by atoms with E-state index >= 15 is 0 Å². The van der Waals surface area contributed by atoms with Crippen molar-refractivity contribution in [3.63, 3.8) is 0 Å². The summed E-state index contributed by atoms with van der Waals surface area (Å²) in [5, 5.41) is 2.93. The number of nitrogens with one attached hydrogen (secondary N) is 1. The lowest BCUT2D eigenvalue weighted by Gasteiger charge is -2.26. The number of rotatable bonds is 5. The van der Waals surface area contributed by atoms with Crippen molar-refractivity contribution in [2.45, 2.75) is 57.9 Å². The number of piperidine rings is 1. The molecule has 1 aliphatic rings. The molecule has 0 saturated carbocycles. The van der Waals surface area contributed by atoms with Crippen molar-refractivity contribution in [3.8, 4) is 0 Å². The summed E-state index contributed by atoms with van der Waals surface area (Å²) in [4.78, 5) is 12.7. The van der Waals surface area contributed by atoms with Crippen LogP contribution in [0.3, 0.4) is 0 Å². The van der Waals surface area contributed by atoms with Crippen LogP contribution >= 0.6 is 0 Å². The van der Waals surface area contributed by atoms with Gasteiger partial charge in [0.05, 0.1) is 4.90 Å². The SMILES string of the molecule is Cc1ccc(C(=O)NC(C)C(C)C)cc1S(=O)(=O)N1CCCCC1. The molecule has 5 nitrogen and oxygen atoms in total. The average Bonchev–Trinajstić information content (AvgIpc) is 2.55. The molecule has 1 atom stereocenters. The molecule has 0 spiro atoms. The van der Waals surface area contributed by atoms with E-state index in [1.807, 2.05) is 20.8 Å². The van der Waals surface area contributed by atoms with Crippen molar-refractivity contribution in [1.29, 1.82) is 0 Å². The highest BCUT2D eigenvalue weighted by atomic mass is 32.2. The molecule has 1 aliphatic heterocycles. The van der Waals surface area contributed by atoms with Gasteiger partial charge in [-0.15, -0.1) is 0 Å². The first kappa shape index (κ1) is 18.9. The maximum absolute atomic E-state index is 12.9. The Morgan fingerprint density at radius 3 is 2.33 bits per heavy atom. The van der Waals surface area contributed by atoms with Gasteiger partial charge < -0.3 is 5.32 Å². The molecule has 24 heavy (non-hydrogen) atoms. The lowest BCUT2D eigenvalue weighted by atomic mass is 10.1. The van der Waals surface area contributed by atoms with E-state index in [2.05, 4.69) is 5.32 Å². The van der Waals surface area contributed by atoms with Crippen molar-refractivity contribution in [2.24, 2.45) is 5.92 Å². The number of carbonyl (C=O) groups is 1. The highest BCUT2D eigenvalue weighted by molar-refractivity contribution is 7.89. The largest absolute Gasteiger partial charge is 0.349 e. The first-order valence-electron chi connectivity index (χ1n) is 8.65. The Labute approximate surface area is 145 Å². The van der Waals surface area contributed by atoms with Gasteiger partial charge in [0.15, 0.2) is 0 Å². The van der Waals surface area contributed by atoms with Gasteiger partial charge in [-0.3, -0.25) is 4.79 Å². The van der Waals surface area contributed by atoms with Crippen LogP contribution in [0.5, 0.6) is 0 Å². The molecule has 1 fully saturated rings. The van der Waals surface area contributed by atoms with Crippen molar-refractivity contribution in [3.05, 3.63) is 29.3 Å². The molecule has 1 heterocycles. The molecular weight excluding hydrogens is 324 g/mol. The van der Waals surface area contributed by atoms with E-state index in [4.69, 9.17) is 0 Å². The first-order chi connectivity index (χ1) is 11.2. The molecule has 0 radical (unpaired) electrons. The van der Waals surface area contributed by atoms with Crippen LogP contribution in [-0.2, 0) is 10.0 Å². The van der Waals surface area contributed by atoms with Crippen LogP contribution in [0.2, 0.25) is 0 Å². The van der Waals surface area contributed by atoms with Gasteiger partial charge in [0, 0.05) is 24.7 Å². The number of carbonyl (C=O) groups excluding carboxylic acids is 1. The number of hydrogen-bond donors (Lipinski definition) is 1. The average molecular weight is 353 g/mol. The van der Waals surface area contributed by atoms with E-state index in [1.54, 1.807) is 19.1 Å². The molecule has 1 saturated heterocycles. The van der Waals surface area contributed by atoms with E-state index in [0.29, 0.717) is 30.1 Å². The zero-order valence-electron chi connectivity index (χ0n) is 15.0. The fourth-order valence-electron chi connectivity index (χ4n) is 2.72. The van der Waals surface area contributed by atoms with Crippen LogP contribution in [-0.4, -0.2) is 37.8 Å². The van der Waals surface area contributed by atoms with Gasteiger partial charge in [-0.1, -0.05) is 26.3 Å². The van der Waals surface area contributed by atoms with E-state index in [1.165, 1.54) is 10.4 Å². The van der Waals surface area contributed by atoms with Gasteiger partial charge in [-0.05, 0) is 50.3 Å². The third-order valence-corrected chi connectivity index (χ3v) is 6.78. The minimum atomic E-state index is -3.54. The Kier molecular flexibility index (Phi) is 6.04. The Morgan fingerprint density at radius 2 is 1.75 bits per heavy atom. The topological polar surface area (TPSA) is 66.5 Å². The maximum atomic E-state index is 12.9. The van der Waals surface area contributed by atoms with Gasteiger partial charge in [0.1, 0.15) is 0 Å². The molecule has 0 aromatic heterocycles. The molecule has 0 aliphatic carbocycles. The Balaban J connectivity index is 2.29. The molecule has 6 heteroatoms. The highest BCUT2D eigenvalue weighted by Gasteiger charge is 2.28. The third-order valence-electron chi connectivity index (χ3n) is 4.74. The molecule has 2 rings (SSSR count). The highest BCUT2D eigenvalue weighted by Crippen LogP contribution is 2.24. The summed E-state index contributed by atoms with van der Waals surface area (Å²) in [5.74, 6) is 0.0854. The standard InChI is InChI=1S/C18H28N2O3S/c1-13(2)15(4)19-18(21)16-9-8-14(3)17(12-16)24(22,23)20-10-6-5-7-11-20/h8-9,12-13,15H,5-7,10-11H2,1-4H3,(H,19,21). The van der Waals surface area contributed by atoms with Crippen LogP contribution in [0.1, 0.15) is 56.0 Å². The Hall–Kier alpha value is -1.40. The van der Waals surface area contributed by atoms with E-state index < -0.39 is 10.0 Å². The monoisotopic (exact) mass is 352 g/mol. The minimum absolute atomic E-state index is 0.0287. The zero-order chi connectivity index (χ0) is 17.9. The van der Waals surface area contributed by atoms with Crippen LogP contribution < -0.4 is 5.32 Å². The zero-order valence-corrected chi connectivity index (χ0v) is 15.8. The molecule has 1 aromatic rings. The van der Waals surface area contributed by atoms with Crippen molar-refractivity contribution in [1.82, 2.24) is 9.62 Å². The number of sulfonamides is 1. The molecular formula is C18H28N2O3S. The predicted molar refractivity (Wildman–Crippen MR) is 95.6 cm³/mol. The van der Waals surface area contributed by atoms with Gasteiger partial charge in [0.25, 0.3) is 5.91 Å². The van der Waals surface area contributed by atoms with Crippen LogP contribution in [0.15, 0.2) is 23.1 Å². The van der Waals surface area contributed by atoms with E-state index in [-0.39, 0.29) is 16.8 Å². The number of nitrogens with zero attached hydrogens (tertiary/aromatic N) is 1. The smallest absolute Gasteiger partial charge is 0.251 e. The number of benzene rings is 1. The summed E-state index contributed by atoms with van der Waals surface area (Å²) in [7, 11) is -3.54. The third kappa shape index (κ3) is 4.16. The number of amides is 1. The lowest BCUT2D eigenvalue weighted by molar-refractivity contribution is 0.0930. The van der Waals surface area contributed by atoms with Gasteiger partial charge in [-0.2, -0.15) is 4.31 Å². The van der Waals surface area contributed by atoms with Gasteiger partial charge >= 0.3 is 0 Å². The molecule has 0 bridgehead atoms. The summed E-state index contributed by atoms with van der Waals surface area (Å²) < 4.78 is 27.4. The quantitative estimate of drug-likeness (QED) is 0.886. The summed E-state index contributed by atoms with van der Waals surface area (Å²) in [6.07, 6.45) is 2.86. The normalized spacial score (nSPS) is 17.7. The van der Waals surface area contributed by atoms with Gasteiger partial charge in [0.2, 0.25) is 10.0 Å². The van der Waals surface area contributed by atoms with E-state index in [9.17, 15) is 13.2 Å². The van der Waals surface area contributed by atoms with Crippen molar-refractivity contribution < 1.29 is 13.2 Å². The fourth-order valence-corrected chi connectivity index (χ4v) is 4.49. The van der Waals surface area contributed by atoms with E-state index in [0.717, 1.165) is 19.3 Å². The molecule has 1 unspecified atom stereocenters. The molecule has 1 amide bonds. The minimum Gasteiger partial charge on any atom is -0.349 e. The fraction of sp³-hybridized carbons (Fsp3) is 0.611. The number of aryl methyl sites for hydroxylation is 1. The summed E-state index contributed by atoms with van der Waals surface area (Å²) in [6.45, 7) is 8.90. The van der Waals surface area contributed by atoms with Crippen molar-refractivity contribution >= 4 is 15.9 Å². The second kappa shape index (κ2) is 7.66. The Morgan fingerprint density at radius 1 is 1.12 bits per heavy atom. The predicted octanol–water partition coefficient (Wildman–Crippen LogP) is 2.94. The second-order valence-electron chi connectivity index (χ2n) is 6.95. The number of hydrogen-bond acceptors (Lipinski definition) is 3. The van der Waals surface area contributed by atoms with Crippen molar-refractivity contribution in [2.75, 3.05) is 13.1 Å². The molecule has 1 N–H and O–H groups in total. The summed E-state index contributed by atoms with van der Waals surface area (Å²) in [5.41, 5.74) is 1.07. The van der Waals surface area contributed by atoms with Crippen LogP contribution in [0.25, 0.3) is 0 Å². The lowest BCUT2D eigenvalue weighted by Crippen LogP contribution is -2.37. The van der Waals surface area contributed by atoms with Gasteiger partial charge in [-0.25, -0.2) is 8.42 Å². The van der Waals surface area contributed by atoms with Crippen LogP contribution in [0, 0.1) is 12.8 Å². The summed E-state index contributed by atoms with van der Waals surface area (Å²) >= 11 is 0. The Bertz CT molecular complexity index is 692. The van der Waals surface area contributed by atoms with Crippen LogP contribution in [0.4, 0.5) is 0 Å². The molecule has 1 aromatic carbocycles. The second-order valence-corrected chi connectivity index (χ2v) is 8.86. The summed E-state index contributed by atoms with van der Waals surface area (Å²) in [6, 6.07) is 4.95. The first-order valence-corrected chi connectivity index (χ1v) is 10.1. The molecule has 134 valence electrons. The maximum Gasteiger partial charge on any atom is 0.251 e.